The van der Waals surface area contributed by atoms with Crippen LogP contribution in [-0.2, 0) is 16.4 Å². The van der Waals surface area contributed by atoms with Gasteiger partial charge in [0.05, 0.1) is 18.0 Å². The van der Waals surface area contributed by atoms with Gasteiger partial charge in [-0.3, -0.25) is 4.79 Å². The number of rotatable bonds is 6. The van der Waals surface area contributed by atoms with Crippen LogP contribution in [0.5, 0.6) is 5.75 Å². The van der Waals surface area contributed by atoms with Crippen LogP contribution >= 0.6 is 0 Å². The Bertz CT molecular complexity index is 1290. The third-order valence-corrected chi connectivity index (χ3v) is 8.07. The number of carbonyl (C=O) groups excluding carboxylic acids is 1. The molecule has 1 amide bonds. The molecule has 3 aromatic carbocycles. The highest BCUT2D eigenvalue weighted by Gasteiger charge is 2.37. The molecule has 0 radical (unpaired) electrons. The Morgan fingerprint density at radius 1 is 1.00 bits per heavy atom. The molecule has 0 aromatic heterocycles. The number of sulfonamides is 1. The van der Waals surface area contributed by atoms with Crippen molar-refractivity contribution in [3.63, 3.8) is 0 Å². The molecule has 1 saturated carbocycles. The Kier molecular flexibility index (Phi) is 5.68. The van der Waals surface area contributed by atoms with E-state index in [2.05, 4.69) is 4.72 Å². The summed E-state index contributed by atoms with van der Waals surface area (Å²) < 4.78 is 32.7. The second-order valence-corrected chi connectivity index (χ2v) is 10.6. The van der Waals surface area contributed by atoms with E-state index < -0.39 is 27.3 Å². The second kappa shape index (κ2) is 8.65. The van der Waals surface area contributed by atoms with E-state index in [1.54, 1.807) is 30.3 Å². The quantitative estimate of drug-likeness (QED) is 0.579. The fourth-order valence-corrected chi connectivity index (χ4v) is 5.57. The minimum Gasteiger partial charge on any atom is -0.493 e. The van der Waals surface area contributed by atoms with Crippen molar-refractivity contribution in [2.24, 2.45) is 5.92 Å². The number of nitrogens with one attached hydrogen (secondary N) is 1. The summed E-state index contributed by atoms with van der Waals surface area (Å²) in [6.45, 7) is 0.383. The van der Waals surface area contributed by atoms with Gasteiger partial charge >= 0.3 is 0 Å². The van der Waals surface area contributed by atoms with Crippen molar-refractivity contribution in [1.82, 2.24) is 4.72 Å². The zero-order valence-corrected chi connectivity index (χ0v) is 18.8. The molecule has 1 fully saturated rings. The van der Waals surface area contributed by atoms with Crippen molar-refractivity contribution in [2.75, 3.05) is 6.61 Å². The molecule has 1 heterocycles. The lowest BCUT2D eigenvalue weighted by Crippen LogP contribution is -2.33. The minimum absolute atomic E-state index is 0.0588. The van der Waals surface area contributed by atoms with Crippen LogP contribution in [0.25, 0.3) is 11.1 Å². The average molecular weight is 464 g/mol. The van der Waals surface area contributed by atoms with Crippen molar-refractivity contribution in [1.29, 1.82) is 0 Å². The molecule has 2 aliphatic rings. The Hall–Kier alpha value is -3.16. The zero-order chi connectivity index (χ0) is 23.0. The Morgan fingerprint density at radius 3 is 2.48 bits per heavy atom. The van der Waals surface area contributed by atoms with E-state index >= 15 is 0 Å². The lowest BCUT2D eigenvalue weighted by atomic mass is 9.87. The maximum atomic E-state index is 12.8. The summed E-state index contributed by atoms with van der Waals surface area (Å²) in [6, 6.07) is 22.3. The molecule has 33 heavy (non-hydrogen) atoms. The number of ether oxygens (including phenoxy) is 1. The molecule has 0 unspecified atom stereocenters. The van der Waals surface area contributed by atoms with Gasteiger partial charge in [-0.05, 0) is 48.1 Å². The third-order valence-electron chi connectivity index (χ3n) is 6.25. The number of hydrogen-bond acceptors (Lipinski definition) is 5. The van der Waals surface area contributed by atoms with Gasteiger partial charge in [0, 0.05) is 17.0 Å². The second-order valence-electron chi connectivity index (χ2n) is 8.68. The summed E-state index contributed by atoms with van der Waals surface area (Å²) in [5.74, 6) is -0.124. The summed E-state index contributed by atoms with van der Waals surface area (Å²) in [7, 11) is -3.64. The Morgan fingerprint density at radius 2 is 1.73 bits per heavy atom. The summed E-state index contributed by atoms with van der Waals surface area (Å²) in [4.78, 5) is 12.8. The number of aliphatic hydroxyl groups excluding tert-OH is 1. The van der Waals surface area contributed by atoms with Gasteiger partial charge < -0.3 is 9.84 Å². The van der Waals surface area contributed by atoms with E-state index in [0.29, 0.717) is 42.7 Å². The van der Waals surface area contributed by atoms with Gasteiger partial charge in [-0.2, -0.15) is 0 Å². The summed E-state index contributed by atoms with van der Waals surface area (Å²) >= 11 is 0. The molecule has 7 heteroatoms. The maximum Gasteiger partial charge on any atom is 0.265 e. The first-order valence-electron chi connectivity index (χ1n) is 11.1. The van der Waals surface area contributed by atoms with Crippen LogP contribution in [0.2, 0.25) is 0 Å². The number of benzene rings is 3. The van der Waals surface area contributed by atoms with E-state index in [1.165, 1.54) is 0 Å². The lowest BCUT2D eigenvalue weighted by Gasteiger charge is -2.31. The summed E-state index contributed by atoms with van der Waals surface area (Å²) in [6.07, 6.45) is 1.21. The fraction of sp³-hybridized carbons (Fsp3) is 0.269. The van der Waals surface area contributed by atoms with Crippen molar-refractivity contribution >= 4 is 15.9 Å². The predicted octanol–water partition coefficient (Wildman–Crippen LogP) is 3.86. The van der Waals surface area contributed by atoms with Gasteiger partial charge in [0.2, 0.25) is 10.0 Å². The highest BCUT2D eigenvalue weighted by molar-refractivity contribution is 7.91. The largest absolute Gasteiger partial charge is 0.493 e. The first-order chi connectivity index (χ1) is 15.9. The molecule has 1 aliphatic heterocycles. The topological polar surface area (TPSA) is 92.7 Å². The summed E-state index contributed by atoms with van der Waals surface area (Å²) in [5, 5.41) is 10.5. The first kappa shape index (κ1) is 21.7. The smallest absolute Gasteiger partial charge is 0.265 e. The van der Waals surface area contributed by atoms with Crippen molar-refractivity contribution in [2.45, 2.75) is 30.6 Å². The SMILES string of the molecule is O=C(NS(=O)(=O)C1CC1)c1ccccc1-c1ccc2c(c1)OC[C@@H](Cc1ccccc1)[C@@H]2O. The normalized spacial score (nSPS) is 19.9. The van der Waals surface area contributed by atoms with Gasteiger partial charge in [0.15, 0.2) is 0 Å². The number of aliphatic hydroxyl groups is 1. The molecule has 1 aliphatic carbocycles. The van der Waals surface area contributed by atoms with Gasteiger partial charge in [0.1, 0.15) is 5.75 Å². The number of fused-ring (bicyclic) bond motifs is 1. The van der Waals surface area contributed by atoms with Gasteiger partial charge in [-0.15, -0.1) is 0 Å². The van der Waals surface area contributed by atoms with Crippen LogP contribution in [0.1, 0.15) is 40.4 Å². The summed E-state index contributed by atoms with van der Waals surface area (Å²) in [5.41, 5.74) is 3.46. The minimum atomic E-state index is -3.64. The van der Waals surface area contributed by atoms with E-state index in [9.17, 15) is 18.3 Å². The van der Waals surface area contributed by atoms with Crippen LogP contribution in [0.15, 0.2) is 72.8 Å². The molecule has 0 saturated heterocycles. The molecule has 5 rings (SSSR count). The zero-order valence-electron chi connectivity index (χ0n) is 18.0. The highest BCUT2D eigenvalue weighted by atomic mass is 32.2. The monoisotopic (exact) mass is 463 g/mol. The van der Waals surface area contributed by atoms with Crippen LogP contribution in [-0.4, -0.2) is 31.3 Å². The average Bonchev–Trinajstić information content (AvgIpc) is 3.68. The van der Waals surface area contributed by atoms with Crippen LogP contribution < -0.4 is 9.46 Å². The number of carbonyl (C=O) groups is 1. The Balaban J connectivity index is 1.40. The van der Waals surface area contributed by atoms with Crippen LogP contribution in [0.4, 0.5) is 0 Å². The van der Waals surface area contributed by atoms with E-state index in [-0.39, 0.29) is 11.5 Å². The molecular weight excluding hydrogens is 438 g/mol. The van der Waals surface area contributed by atoms with Crippen LogP contribution in [0.3, 0.4) is 0 Å². The first-order valence-corrected chi connectivity index (χ1v) is 12.6. The lowest BCUT2D eigenvalue weighted by molar-refractivity contribution is 0.0508. The Labute approximate surface area is 193 Å². The van der Waals surface area contributed by atoms with E-state index in [1.807, 2.05) is 42.5 Å². The predicted molar refractivity (Wildman–Crippen MR) is 125 cm³/mol. The molecule has 0 bridgehead atoms. The van der Waals surface area contributed by atoms with Crippen molar-refractivity contribution in [3.8, 4) is 16.9 Å². The van der Waals surface area contributed by atoms with Gasteiger partial charge in [-0.25, -0.2) is 13.1 Å². The molecule has 3 aromatic rings. The molecule has 0 spiro atoms. The molecule has 170 valence electrons. The van der Waals surface area contributed by atoms with Gasteiger partial charge in [0.25, 0.3) is 5.91 Å². The van der Waals surface area contributed by atoms with E-state index in [4.69, 9.17) is 4.74 Å². The van der Waals surface area contributed by atoms with Crippen LogP contribution in [0, 0.1) is 5.92 Å². The molecule has 6 nitrogen and oxygen atoms in total. The highest BCUT2D eigenvalue weighted by Crippen LogP contribution is 2.40. The number of amides is 1. The van der Waals surface area contributed by atoms with Crippen molar-refractivity contribution in [3.05, 3.63) is 89.5 Å². The third kappa shape index (κ3) is 4.51. The standard InChI is InChI=1S/C26H25NO5S/c28-25-19(14-17-6-2-1-3-7-17)16-32-24-15-18(10-13-23(24)25)21-8-4-5-9-22(21)26(29)27-33(30,31)20-11-12-20/h1-10,13,15,19-20,25,28H,11-12,14,16H2,(H,27,29)/t19-,25+/m1/s1. The molecule has 2 N–H and O–H groups in total. The fourth-order valence-electron chi connectivity index (χ4n) is 4.28. The van der Waals surface area contributed by atoms with Gasteiger partial charge in [-0.1, -0.05) is 60.7 Å². The molecule has 2 atom stereocenters. The molecular formula is C26H25NO5S. The number of hydrogen-bond donors (Lipinski definition) is 2. The van der Waals surface area contributed by atoms with E-state index in [0.717, 1.165) is 11.1 Å². The van der Waals surface area contributed by atoms with Crippen molar-refractivity contribution < 1.29 is 23.1 Å². The maximum absolute atomic E-state index is 12.8.